The van der Waals surface area contributed by atoms with E-state index in [9.17, 15) is 18.0 Å². The first-order valence-electron chi connectivity index (χ1n) is 6.65. The first kappa shape index (κ1) is 15.6. The lowest BCUT2D eigenvalue weighted by Crippen LogP contribution is -2.14. The molecule has 0 atom stereocenters. The van der Waals surface area contributed by atoms with E-state index in [-0.39, 0.29) is 11.4 Å². The molecule has 2 aromatic rings. The molecule has 0 bridgehead atoms. The quantitative estimate of drug-likeness (QED) is 0.801. The number of benzene rings is 2. The van der Waals surface area contributed by atoms with E-state index >= 15 is 0 Å². The van der Waals surface area contributed by atoms with Crippen LogP contribution in [0.25, 0.3) is 0 Å². The van der Waals surface area contributed by atoms with Crippen molar-refractivity contribution in [1.82, 2.24) is 0 Å². The molecule has 0 unspecified atom stereocenters. The van der Waals surface area contributed by atoms with Gasteiger partial charge in [-0.05, 0) is 36.8 Å². The fourth-order valence-electron chi connectivity index (χ4n) is 2.38. The van der Waals surface area contributed by atoms with Gasteiger partial charge in [-0.25, -0.2) is 4.99 Å². The van der Waals surface area contributed by atoms with Crippen molar-refractivity contribution < 1.29 is 18.0 Å². The average molecular weight is 339 g/mol. The maximum Gasteiger partial charge on any atom is 0.418 e. The molecule has 118 valence electrons. The SMILES string of the molecule is Cc1c(Cl)ccc2c1NC(=O)C2=Nc1ccccc1C(F)(F)F. The summed E-state index contributed by atoms with van der Waals surface area (Å²) in [7, 11) is 0. The summed E-state index contributed by atoms with van der Waals surface area (Å²) in [4.78, 5) is 16.1. The maximum atomic E-state index is 13.0. The van der Waals surface area contributed by atoms with Crippen LogP contribution >= 0.6 is 11.6 Å². The van der Waals surface area contributed by atoms with Crippen LogP contribution in [-0.4, -0.2) is 11.6 Å². The molecule has 1 aliphatic rings. The fraction of sp³-hybridized carbons (Fsp3) is 0.125. The summed E-state index contributed by atoms with van der Waals surface area (Å²) < 4.78 is 39.1. The number of anilines is 1. The third-order valence-electron chi connectivity index (χ3n) is 3.55. The molecule has 0 spiro atoms. The Hall–Kier alpha value is -2.34. The van der Waals surface area contributed by atoms with E-state index in [1.807, 2.05) is 0 Å². The van der Waals surface area contributed by atoms with Gasteiger partial charge in [-0.3, -0.25) is 4.79 Å². The van der Waals surface area contributed by atoms with Crippen LogP contribution in [0, 0.1) is 6.92 Å². The van der Waals surface area contributed by atoms with Gasteiger partial charge in [-0.2, -0.15) is 13.2 Å². The van der Waals surface area contributed by atoms with E-state index in [0.717, 1.165) is 6.07 Å². The number of carbonyl (C=O) groups is 1. The maximum absolute atomic E-state index is 13.0. The number of fused-ring (bicyclic) bond motifs is 1. The Labute approximate surface area is 134 Å². The number of para-hydroxylation sites is 1. The second-order valence-corrected chi connectivity index (χ2v) is 5.43. The number of nitrogens with one attached hydrogen (secondary N) is 1. The lowest BCUT2D eigenvalue weighted by Gasteiger charge is -2.09. The van der Waals surface area contributed by atoms with Crippen LogP contribution < -0.4 is 5.32 Å². The standard InChI is InChI=1S/C16H10ClF3N2O/c1-8-11(17)7-6-9-13(8)22-15(23)14(9)21-12-5-3-2-4-10(12)16(18,19)20/h2-7H,1H3,(H,21,22,23). The van der Waals surface area contributed by atoms with Crippen LogP contribution in [-0.2, 0) is 11.0 Å². The van der Waals surface area contributed by atoms with Crippen molar-refractivity contribution in [2.75, 3.05) is 5.32 Å². The highest BCUT2D eigenvalue weighted by Gasteiger charge is 2.34. The van der Waals surface area contributed by atoms with Gasteiger partial charge in [0.2, 0.25) is 0 Å². The summed E-state index contributed by atoms with van der Waals surface area (Å²) in [6, 6.07) is 8.03. The monoisotopic (exact) mass is 338 g/mol. The van der Waals surface area contributed by atoms with Gasteiger partial charge in [0.1, 0.15) is 5.71 Å². The van der Waals surface area contributed by atoms with Crippen LogP contribution in [0.15, 0.2) is 41.4 Å². The number of amides is 1. The predicted molar refractivity (Wildman–Crippen MR) is 82.5 cm³/mol. The molecule has 1 heterocycles. The van der Waals surface area contributed by atoms with Crippen LogP contribution in [0.4, 0.5) is 24.5 Å². The molecule has 0 saturated carbocycles. The van der Waals surface area contributed by atoms with Crippen molar-refractivity contribution in [3.05, 3.63) is 58.1 Å². The lowest BCUT2D eigenvalue weighted by molar-refractivity contribution is -0.137. The van der Waals surface area contributed by atoms with Gasteiger partial charge in [0, 0.05) is 10.6 Å². The Kier molecular flexibility index (Phi) is 3.64. The minimum atomic E-state index is -4.55. The fourth-order valence-corrected chi connectivity index (χ4v) is 2.54. The Morgan fingerprint density at radius 1 is 1.13 bits per heavy atom. The molecule has 7 heteroatoms. The van der Waals surface area contributed by atoms with Gasteiger partial charge >= 0.3 is 6.18 Å². The van der Waals surface area contributed by atoms with Crippen molar-refractivity contribution in [3.63, 3.8) is 0 Å². The molecular weight excluding hydrogens is 329 g/mol. The summed E-state index contributed by atoms with van der Waals surface area (Å²) in [5.41, 5.74) is 0.313. The molecular formula is C16H10ClF3N2O. The normalized spacial score (nSPS) is 15.7. The molecule has 0 aliphatic carbocycles. The number of alkyl halides is 3. The zero-order valence-electron chi connectivity index (χ0n) is 11.8. The van der Waals surface area contributed by atoms with Crippen LogP contribution in [0.3, 0.4) is 0 Å². The van der Waals surface area contributed by atoms with Crippen molar-refractivity contribution in [3.8, 4) is 0 Å². The summed E-state index contributed by atoms with van der Waals surface area (Å²) >= 11 is 5.99. The molecule has 3 rings (SSSR count). The number of hydrogen-bond acceptors (Lipinski definition) is 2. The Morgan fingerprint density at radius 3 is 2.52 bits per heavy atom. The summed E-state index contributed by atoms with van der Waals surface area (Å²) in [6.45, 7) is 1.72. The second-order valence-electron chi connectivity index (χ2n) is 5.02. The number of halogens is 4. The molecule has 0 saturated heterocycles. The largest absolute Gasteiger partial charge is 0.418 e. The molecule has 0 fully saturated rings. The van der Waals surface area contributed by atoms with Crippen LogP contribution in [0.5, 0.6) is 0 Å². The zero-order chi connectivity index (χ0) is 16.8. The van der Waals surface area contributed by atoms with Crippen molar-refractivity contribution in [1.29, 1.82) is 0 Å². The first-order valence-corrected chi connectivity index (χ1v) is 7.02. The van der Waals surface area contributed by atoms with Gasteiger partial charge < -0.3 is 5.32 Å². The smallest absolute Gasteiger partial charge is 0.320 e. The topological polar surface area (TPSA) is 41.5 Å². The molecule has 2 aromatic carbocycles. The van der Waals surface area contributed by atoms with E-state index in [1.165, 1.54) is 18.2 Å². The molecule has 1 N–H and O–H groups in total. The Balaban J connectivity index is 2.17. The number of nitrogens with zero attached hydrogens (tertiary/aromatic N) is 1. The van der Waals surface area contributed by atoms with Crippen molar-refractivity contribution >= 4 is 34.6 Å². The first-order chi connectivity index (χ1) is 10.8. The molecule has 1 amide bonds. The van der Waals surface area contributed by atoms with E-state index in [1.54, 1.807) is 19.1 Å². The molecule has 23 heavy (non-hydrogen) atoms. The van der Waals surface area contributed by atoms with Gasteiger partial charge in [-0.1, -0.05) is 23.7 Å². The highest BCUT2D eigenvalue weighted by molar-refractivity contribution is 6.54. The number of carbonyl (C=O) groups excluding carboxylic acids is 1. The van der Waals surface area contributed by atoms with Crippen LogP contribution in [0.1, 0.15) is 16.7 Å². The molecule has 0 radical (unpaired) electrons. The van der Waals surface area contributed by atoms with Crippen molar-refractivity contribution in [2.45, 2.75) is 13.1 Å². The molecule has 3 nitrogen and oxygen atoms in total. The highest BCUT2D eigenvalue weighted by Crippen LogP contribution is 2.38. The number of rotatable bonds is 1. The third kappa shape index (κ3) is 2.70. The van der Waals surface area contributed by atoms with Gasteiger partial charge in [0.05, 0.1) is 16.9 Å². The van der Waals surface area contributed by atoms with E-state index in [2.05, 4.69) is 10.3 Å². The van der Waals surface area contributed by atoms with Crippen LogP contribution in [0.2, 0.25) is 5.02 Å². The minimum absolute atomic E-state index is 0.0588. The minimum Gasteiger partial charge on any atom is -0.320 e. The third-order valence-corrected chi connectivity index (χ3v) is 3.96. The summed E-state index contributed by atoms with van der Waals surface area (Å²) in [5, 5.41) is 3.06. The van der Waals surface area contributed by atoms with Gasteiger partial charge in [0.15, 0.2) is 0 Å². The summed E-state index contributed by atoms with van der Waals surface area (Å²) in [5.74, 6) is -0.553. The highest BCUT2D eigenvalue weighted by atomic mass is 35.5. The number of aliphatic imine (C=N–C) groups is 1. The van der Waals surface area contributed by atoms with Crippen molar-refractivity contribution in [2.24, 2.45) is 4.99 Å². The Bertz CT molecular complexity index is 844. The van der Waals surface area contributed by atoms with E-state index in [0.29, 0.717) is 21.8 Å². The molecule has 1 aliphatic heterocycles. The summed E-state index contributed by atoms with van der Waals surface area (Å²) in [6.07, 6.45) is -4.55. The van der Waals surface area contributed by atoms with Gasteiger partial charge in [0.25, 0.3) is 5.91 Å². The van der Waals surface area contributed by atoms with E-state index in [4.69, 9.17) is 11.6 Å². The zero-order valence-corrected chi connectivity index (χ0v) is 12.6. The molecule has 0 aromatic heterocycles. The average Bonchev–Trinajstić information content (AvgIpc) is 2.80. The van der Waals surface area contributed by atoms with Gasteiger partial charge in [-0.15, -0.1) is 0 Å². The Morgan fingerprint density at radius 2 is 1.83 bits per heavy atom. The number of hydrogen-bond donors (Lipinski definition) is 1. The lowest BCUT2D eigenvalue weighted by atomic mass is 10.1. The van der Waals surface area contributed by atoms with E-state index < -0.39 is 17.6 Å². The predicted octanol–water partition coefficient (Wildman–Crippen LogP) is 4.74. The second kappa shape index (κ2) is 5.38.